The zero-order chi connectivity index (χ0) is 15.0. The molecule has 21 heavy (non-hydrogen) atoms. The van der Waals surface area contributed by atoms with Crippen LogP contribution in [-0.2, 0) is 10.0 Å². The summed E-state index contributed by atoms with van der Waals surface area (Å²) in [6.45, 7) is 1.95. The quantitative estimate of drug-likeness (QED) is 0.925. The number of benzene rings is 2. The van der Waals surface area contributed by atoms with Crippen LogP contribution in [0.4, 0.5) is 5.69 Å². The van der Waals surface area contributed by atoms with Crippen LogP contribution in [0.5, 0.6) is 5.75 Å². The highest BCUT2D eigenvalue weighted by Gasteiger charge is 2.28. The number of aryl methyl sites for hydroxylation is 1. The van der Waals surface area contributed by atoms with Gasteiger partial charge in [0.25, 0.3) is 10.0 Å². The van der Waals surface area contributed by atoms with Crippen LogP contribution >= 0.6 is 0 Å². The summed E-state index contributed by atoms with van der Waals surface area (Å²) in [5.41, 5.74) is 2.29. The zero-order valence-corrected chi connectivity index (χ0v) is 12.4. The van der Waals surface area contributed by atoms with E-state index in [-0.39, 0.29) is 4.90 Å². The molecule has 0 saturated carbocycles. The number of nitrogens with one attached hydrogen (secondary N) is 1. The molecule has 0 aromatic heterocycles. The van der Waals surface area contributed by atoms with Gasteiger partial charge in [0.05, 0.1) is 12.8 Å². The van der Waals surface area contributed by atoms with Gasteiger partial charge in [-0.3, -0.25) is 0 Å². The van der Waals surface area contributed by atoms with Crippen molar-refractivity contribution in [3.8, 4) is 5.75 Å². The fourth-order valence-electron chi connectivity index (χ4n) is 2.24. The third-order valence-corrected chi connectivity index (χ3v) is 4.57. The minimum absolute atomic E-state index is 0.221. The number of rotatable bonds is 2. The van der Waals surface area contributed by atoms with Gasteiger partial charge in [-0.15, -0.1) is 4.40 Å². The van der Waals surface area contributed by atoms with Crippen molar-refractivity contribution in [2.45, 2.75) is 11.8 Å². The van der Waals surface area contributed by atoms with Gasteiger partial charge in [0.2, 0.25) is 0 Å². The number of hydrogen-bond donors (Lipinski definition) is 1. The number of nitrogens with zero attached hydrogens (tertiary/aromatic N) is 1. The van der Waals surface area contributed by atoms with Gasteiger partial charge < -0.3 is 10.1 Å². The monoisotopic (exact) mass is 302 g/mol. The summed E-state index contributed by atoms with van der Waals surface area (Å²) in [6, 6.07) is 12.4. The van der Waals surface area contributed by atoms with E-state index in [9.17, 15) is 8.42 Å². The van der Waals surface area contributed by atoms with Gasteiger partial charge in [0.15, 0.2) is 5.84 Å². The van der Waals surface area contributed by atoms with E-state index in [0.717, 1.165) is 5.56 Å². The third kappa shape index (κ3) is 2.38. The van der Waals surface area contributed by atoms with Crippen molar-refractivity contribution in [1.29, 1.82) is 0 Å². The molecule has 0 amide bonds. The topological polar surface area (TPSA) is 67.8 Å². The van der Waals surface area contributed by atoms with Gasteiger partial charge >= 0.3 is 0 Å². The lowest BCUT2D eigenvalue weighted by Crippen LogP contribution is -2.12. The second kappa shape index (κ2) is 4.89. The minimum Gasteiger partial charge on any atom is -0.495 e. The van der Waals surface area contributed by atoms with Crippen molar-refractivity contribution < 1.29 is 13.2 Å². The first kappa shape index (κ1) is 13.6. The number of amidine groups is 1. The number of hydrogen-bond acceptors (Lipinski definition) is 4. The highest BCUT2D eigenvalue weighted by atomic mass is 32.2. The molecule has 1 aliphatic rings. The van der Waals surface area contributed by atoms with E-state index in [2.05, 4.69) is 9.71 Å². The van der Waals surface area contributed by atoms with Crippen molar-refractivity contribution >= 4 is 21.5 Å². The lowest BCUT2D eigenvalue weighted by molar-refractivity contribution is 0.417. The number of anilines is 1. The Morgan fingerprint density at radius 3 is 2.67 bits per heavy atom. The van der Waals surface area contributed by atoms with Crippen LogP contribution in [0.25, 0.3) is 0 Å². The molecule has 6 heteroatoms. The predicted molar refractivity (Wildman–Crippen MR) is 81.5 cm³/mol. The van der Waals surface area contributed by atoms with Crippen LogP contribution in [0.15, 0.2) is 51.8 Å². The highest BCUT2D eigenvalue weighted by molar-refractivity contribution is 7.90. The zero-order valence-electron chi connectivity index (χ0n) is 11.6. The van der Waals surface area contributed by atoms with E-state index in [1.165, 1.54) is 0 Å². The molecule has 0 radical (unpaired) electrons. The molecule has 0 aliphatic carbocycles. The van der Waals surface area contributed by atoms with E-state index < -0.39 is 10.0 Å². The first-order valence-corrected chi connectivity index (χ1v) is 7.81. The van der Waals surface area contributed by atoms with Crippen LogP contribution in [0.3, 0.4) is 0 Å². The Balaban J connectivity index is 2.06. The van der Waals surface area contributed by atoms with Crippen molar-refractivity contribution in [2.24, 2.45) is 4.40 Å². The number of fused-ring (bicyclic) bond motifs is 1. The van der Waals surface area contributed by atoms with Crippen molar-refractivity contribution in [1.82, 2.24) is 0 Å². The van der Waals surface area contributed by atoms with Crippen molar-refractivity contribution in [3.05, 3.63) is 53.6 Å². The maximum Gasteiger partial charge on any atom is 0.285 e. The molecule has 3 rings (SSSR count). The molecule has 0 atom stereocenters. The van der Waals surface area contributed by atoms with Crippen LogP contribution in [0.2, 0.25) is 0 Å². The second-order valence-corrected chi connectivity index (χ2v) is 6.31. The van der Waals surface area contributed by atoms with E-state index in [4.69, 9.17) is 4.74 Å². The molecule has 0 unspecified atom stereocenters. The number of sulfonamides is 1. The molecule has 2 aromatic rings. The normalized spacial score (nSPS) is 15.2. The van der Waals surface area contributed by atoms with E-state index in [1.54, 1.807) is 31.4 Å². The molecular weight excluding hydrogens is 288 g/mol. The van der Waals surface area contributed by atoms with Gasteiger partial charge in [-0.05, 0) is 36.8 Å². The molecule has 5 nitrogen and oxygen atoms in total. The van der Waals surface area contributed by atoms with E-state index in [1.807, 2.05) is 25.1 Å². The summed E-state index contributed by atoms with van der Waals surface area (Å²) in [4.78, 5) is 0.221. The molecule has 0 spiro atoms. The molecule has 1 aliphatic heterocycles. The fraction of sp³-hybridized carbons (Fsp3) is 0.133. The molecule has 1 N–H and O–H groups in total. The van der Waals surface area contributed by atoms with Crippen molar-refractivity contribution in [2.75, 3.05) is 12.4 Å². The highest BCUT2D eigenvalue weighted by Crippen LogP contribution is 2.30. The lowest BCUT2D eigenvalue weighted by atomic mass is 10.1. The smallest absolute Gasteiger partial charge is 0.285 e. The standard InChI is InChI=1S/C15H14N2O3S/c1-10-7-8-13(20-2)12(9-10)16-15-11-5-3-4-6-14(11)21(18,19)17-15/h3-9H,1-2H3,(H,16,17). The maximum atomic E-state index is 12.0. The van der Waals surface area contributed by atoms with Crippen LogP contribution in [-0.4, -0.2) is 21.4 Å². The van der Waals surface area contributed by atoms with E-state index >= 15 is 0 Å². The van der Waals surface area contributed by atoms with Gasteiger partial charge in [-0.1, -0.05) is 18.2 Å². The SMILES string of the molecule is COc1ccc(C)cc1NC1=NS(=O)(=O)c2ccccc21. The lowest BCUT2D eigenvalue weighted by Gasteiger charge is -2.11. The Morgan fingerprint density at radius 2 is 1.90 bits per heavy atom. The third-order valence-electron chi connectivity index (χ3n) is 3.24. The molecule has 2 aromatic carbocycles. The number of ether oxygens (including phenoxy) is 1. The molecule has 1 heterocycles. The minimum atomic E-state index is -3.62. The Bertz CT molecular complexity index is 842. The summed E-state index contributed by atoms with van der Waals surface area (Å²) in [5.74, 6) is 0.944. The Labute approximate surface area is 123 Å². The van der Waals surface area contributed by atoms with Crippen molar-refractivity contribution in [3.63, 3.8) is 0 Å². The summed E-state index contributed by atoms with van der Waals surface area (Å²) in [7, 11) is -2.05. The molecule has 0 bridgehead atoms. The Morgan fingerprint density at radius 1 is 1.14 bits per heavy atom. The average molecular weight is 302 g/mol. The van der Waals surface area contributed by atoms with Gasteiger partial charge in [-0.25, -0.2) is 0 Å². The van der Waals surface area contributed by atoms with Gasteiger partial charge in [0, 0.05) is 5.56 Å². The molecule has 108 valence electrons. The Hall–Kier alpha value is -2.34. The average Bonchev–Trinajstić information content (AvgIpc) is 2.71. The van der Waals surface area contributed by atoms with E-state index in [0.29, 0.717) is 22.8 Å². The van der Waals surface area contributed by atoms with Crippen LogP contribution in [0.1, 0.15) is 11.1 Å². The summed E-state index contributed by atoms with van der Waals surface area (Å²) < 4.78 is 33.1. The molecular formula is C15H14N2O3S. The van der Waals surface area contributed by atoms with Gasteiger partial charge in [0.1, 0.15) is 10.6 Å². The molecule has 0 fully saturated rings. The van der Waals surface area contributed by atoms with Crippen LogP contribution < -0.4 is 10.1 Å². The summed E-state index contributed by atoms with van der Waals surface area (Å²) in [6.07, 6.45) is 0. The first-order valence-electron chi connectivity index (χ1n) is 6.37. The second-order valence-electron chi connectivity index (χ2n) is 4.74. The molecule has 0 saturated heterocycles. The maximum absolute atomic E-state index is 12.0. The summed E-state index contributed by atoms with van der Waals surface area (Å²) in [5, 5.41) is 3.06. The largest absolute Gasteiger partial charge is 0.495 e. The first-order chi connectivity index (χ1) is 10.0. The van der Waals surface area contributed by atoms with Crippen LogP contribution in [0, 0.1) is 6.92 Å². The fourth-order valence-corrected chi connectivity index (χ4v) is 3.42. The number of methoxy groups -OCH3 is 1. The Kier molecular flexibility index (Phi) is 3.17. The summed E-state index contributed by atoms with van der Waals surface area (Å²) >= 11 is 0. The predicted octanol–water partition coefficient (Wildman–Crippen LogP) is 2.56. The van der Waals surface area contributed by atoms with Gasteiger partial charge in [-0.2, -0.15) is 8.42 Å².